The average molecular weight is 238 g/mol. The summed E-state index contributed by atoms with van der Waals surface area (Å²) in [7, 11) is 0. The third-order valence-corrected chi connectivity index (χ3v) is 2.82. The van der Waals surface area contributed by atoms with Gasteiger partial charge in [-0.2, -0.15) is 5.10 Å². The molecule has 1 heterocycles. The van der Waals surface area contributed by atoms with Gasteiger partial charge in [-0.3, -0.25) is 0 Å². The SMILES string of the molecule is O=C(O)c1ccn(-c2cccc3ccccc23)n1. The van der Waals surface area contributed by atoms with Crippen molar-refractivity contribution in [2.75, 3.05) is 0 Å². The number of carbonyl (C=O) groups is 1. The van der Waals surface area contributed by atoms with E-state index >= 15 is 0 Å². The first-order valence-electron chi connectivity index (χ1n) is 5.53. The van der Waals surface area contributed by atoms with Gasteiger partial charge < -0.3 is 5.11 Å². The van der Waals surface area contributed by atoms with Crippen LogP contribution in [-0.4, -0.2) is 20.9 Å². The van der Waals surface area contributed by atoms with Crippen molar-refractivity contribution in [2.24, 2.45) is 0 Å². The maximum Gasteiger partial charge on any atom is 0.356 e. The molecule has 2 aromatic carbocycles. The molecule has 0 aliphatic heterocycles. The van der Waals surface area contributed by atoms with Gasteiger partial charge in [0, 0.05) is 11.6 Å². The summed E-state index contributed by atoms with van der Waals surface area (Å²) in [6.45, 7) is 0. The fourth-order valence-electron chi connectivity index (χ4n) is 1.98. The first kappa shape index (κ1) is 10.5. The molecule has 0 aliphatic rings. The van der Waals surface area contributed by atoms with Crippen LogP contribution < -0.4 is 0 Å². The van der Waals surface area contributed by atoms with E-state index in [1.165, 1.54) is 6.07 Å². The van der Waals surface area contributed by atoms with Crippen molar-refractivity contribution < 1.29 is 9.90 Å². The van der Waals surface area contributed by atoms with Gasteiger partial charge in [0.15, 0.2) is 5.69 Å². The van der Waals surface area contributed by atoms with E-state index in [2.05, 4.69) is 5.10 Å². The Labute approximate surface area is 103 Å². The van der Waals surface area contributed by atoms with Crippen molar-refractivity contribution in [1.29, 1.82) is 0 Å². The molecule has 1 aromatic heterocycles. The average Bonchev–Trinajstić information content (AvgIpc) is 2.87. The number of hydrogen-bond donors (Lipinski definition) is 1. The summed E-state index contributed by atoms with van der Waals surface area (Å²) in [5, 5.41) is 15.1. The molecule has 4 heteroatoms. The minimum atomic E-state index is -1.02. The lowest BCUT2D eigenvalue weighted by Crippen LogP contribution is -2.01. The predicted octanol–water partition coefficient (Wildman–Crippen LogP) is 2.72. The van der Waals surface area contributed by atoms with Crippen molar-refractivity contribution >= 4 is 16.7 Å². The first-order chi connectivity index (χ1) is 8.75. The van der Waals surface area contributed by atoms with E-state index in [0.29, 0.717) is 0 Å². The fourth-order valence-corrected chi connectivity index (χ4v) is 1.98. The Morgan fingerprint density at radius 3 is 2.61 bits per heavy atom. The molecular formula is C14H10N2O2. The van der Waals surface area contributed by atoms with Crippen molar-refractivity contribution in [3.8, 4) is 5.69 Å². The standard InChI is InChI=1S/C14H10N2O2/c17-14(18)12-8-9-16(15-12)13-7-3-5-10-4-1-2-6-11(10)13/h1-9H,(H,17,18). The number of nitrogens with zero attached hydrogens (tertiary/aromatic N) is 2. The molecule has 1 N–H and O–H groups in total. The second-order valence-electron chi connectivity index (χ2n) is 3.95. The molecule has 0 amide bonds. The Morgan fingerprint density at radius 1 is 1.06 bits per heavy atom. The molecule has 0 unspecified atom stereocenters. The third kappa shape index (κ3) is 1.64. The Bertz CT molecular complexity index is 726. The lowest BCUT2D eigenvalue weighted by molar-refractivity contribution is 0.0690. The highest BCUT2D eigenvalue weighted by Crippen LogP contribution is 2.21. The highest BCUT2D eigenvalue weighted by molar-refractivity contribution is 5.90. The number of aromatic nitrogens is 2. The minimum Gasteiger partial charge on any atom is -0.476 e. The fraction of sp³-hybridized carbons (Fsp3) is 0. The van der Waals surface area contributed by atoms with E-state index in [9.17, 15) is 4.79 Å². The van der Waals surface area contributed by atoms with Crippen molar-refractivity contribution in [3.63, 3.8) is 0 Å². The Balaban J connectivity index is 2.21. The van der Waals surface area contributed by atoms with Gasteiger partial charge in [-0.15, -0.1) is 0 Å². The van der Waals surface area contributed by atoms with E-state index in [1.807, 2.05) is 42.5 Å². The molecule has 0 bridgehead atoms. The Kier molecular flexibility index (Phi) is 2.34. The molecular weight excluding hydrogens is 228 g/mol. The Hall–Kier alpha value is -2.62. The van der Waals surface area contributed by atoms with Gasteiger partial charge in [-0.05, 0) is 17.5 Å². The summed E-state index contributed by atoms with van der Waals surface area (Å²) in [4.78, 5) is 10.8. The van der Waals surface area contributed by atoms with E-state index in [0.717, 1.165) is 16.5 Å². The highest BCUT2D eigenvalue weighted by Gasteiger charge is 2.09. The van der Waals surface area contributed by atoms with Gasteiger partial charge >= 0.3 is 5.97 Å². The van der Waals surface area contributed by atoms with E-state index < -0.39 is 5.97 Å². The van der Waals surface area contributed by atoms with Crippen molar-refractivity contribution in [1.82, 2.24) is 9.78 Å². The normalized spacial score (nSPS) is 10.7. The maximum atomic E-state index is 10.8. The van der Waals surface area contributed by atoms with Crippen LogP contribution in [0.2, 0.25) is 0 Å². The third-order valence-electron chi connectivity index (χ3n) is 2.82. The maximum absolute atomic E-state index is 10.8. The van der Waals surface area contributed by atoms with Crippen LogP contribution in [0.15, 0.2) is 54.7 Å². The van der Waals surface area contributed by atoms with E-state index in [-0.39, 0.29) is 5.69 Å². The number of fused-ring (bicyclic) bond motifs is 1. The molecule has 0 spiro atoms. The molecule has 0 saturated heterocycles. The van der Waals surface area contributed by atoms with Crippen LogP contribution in [0.5, 0.6) is 0 Å². The van der Waals surface area contributed by atoms with Crippen LogP contribution in [-0.2, 0) is 0 Å². The van der Waals surface area contributed by atoms with Crippen LogP contribution in [0.1, 0.15) is 10.5 Å². The molecule has 18 heavy (non-hydrogen) atoms. The largest absolute Gasteiger partial charge is 0.476 e. The van der Waals surface area contributed by atoms with Crippen LogP contribution in [0.4, 0.5) is 0 Å². The summed E-state index contributed by atoms with van der Waals surface area (Å²) in [5.74, 6) is -1.02. The topological polar surface area (TPSA) is 55.1 Å². The summed E-state index contributed by atoms with van der Waals surface area (Å²) in [5.41, 5.74) is 0.920. The molecule has 0 saturated carbocycles. The number of rotatable bonds is 2. The molecule has 3 rings (SSSR count). The summed E-state index contributed by atoms with van der Waals surface area (Å²) >= 11 is 0. The summed E-state index contributed by atoms with van der Waals surface area (Å²) in [6.07, 6.45) is 1.66. The molecule has 0 atom stereocenters. The molecule has 0 radical (unpaired) electrons. The molecule has 0 fully saturated rings. The lowest BCUT2D eigenvalue weighted by atomic mass is 10.1. The van der Waals surface area contributed by atoms with Gasteiger partial charge in [0.25, 0.3) is 0 Å². The molecule has 3 aromatic rings. The lowest BCUT2D eigenvalue weighted by Gasteiger charge is -2.05. The summed E-state index contributed by atoms with van der Waals surface area (Å²) in [6, 6.07) is 15.3. The zero-order valence-corrected chi connectivity index (χ0v) is 9.45. The van der Waals surface area contributed by atoms with E-state index in [1.54, 1.807) is 10.9 Å². The number of benzene rings is 2. The zero-order chi connectivity index (χ0) is 12.5. The molecule has 88 valence electrons. The quantitative estimate of drug-likeness (QED) is 0.746. The predicted molar refractivity (Wildman–Crippen MR) is 68.0 cm³/mol. The van der Waals surface area contributed by atoms with Crippen LogP contribution in [0.25, 0.3) is 16.5 Å². The van der Waals surface area contributed by atoms with Crippen LogP contribution >= 0.6 is 0 Å². The second kappa shape index (κ2) is 4.00. The Morgan fingerprint density at radius 2 is 1.83 bits per heavy atom. The van der Waals surface area contributed by atoms with E-state index in [4.69, 9.17) is 5.11 Å². The second-order valence-corrected chi connectivity index (χ2v) is 3.95. The highest BCUT2D eigenvalue weighted by atomic mass is 16.4. The van der Waals surface area contributed by atoms with Crippen LogP contribution in [0.3, 0.4) is 0 Å². The molecule has 0 aliphatic carbocycles. The monoisotopic (exact) mass is 238 g/mol. The minimum absolute atomic E-state index is 0.0444. The van der Waals surface area contributed by atoms with Gasteiger partial charge in [0.1, 0.15) is 0 Å². The van der Waals surface area contributed by atoms with Gasteiger partial charge in [0.2, 0.25) is 0 Å². The van der Waals surface area contributed by atoms with Gasteiger partial charge in [-0.25, -0.2) is 9.48 Å². The van der Waals surface area contributed by atoms with Gasteiger partial charge in [-0.1, -0.05) is 36.4 Å². The van der Waals surface area contributed by atoms with Gasteiger partial charge in [0.05, 0.1) is 5.69 Å². The van der Waals surface area contributed by atoms with Crippen LogP contribution in [0, 0.1) is 0 Å². The number of carboxylic acid groups (broad SMARTS) is 1. The zero-order valence-electron chi connectivity index (χ0n) is 9.45. The number of aromatic carboxylic acids is 1. The number of carboxylic acids is 1. The number of hydrogen-bond acceptors (Lipinski definition) is 2. The van der Waals surface area contributed by atoms with Crippen molar-refractivity contribution in [2.45, 2.75) is 0 Å². The molecule has 4 nitrogen and oxygen atoms in total. The summed E-state index contributed by atoms with van der Waals surface area (Å²) < 4.78 is 1.59. The smallest absolute Gasteiger partial charge is 0.356 e. The van der Waals surface area contributed by atoms with Crippen molar-refractivity contribution in [3.05, 3.63) is 60.4 Å². The first-order valence-corrected chi connectivity index (χ1v) is 5.53.